The lowest BCUT2D eigenvalue weighted by Crippen LogP contribution is -2.47. The van der Waals surface area contributed by atoms with Crippen LogP contribution in [-0.4, -0.2) is 66.1 Å². The summed E-state index contributed by atoms with van der Waals surface area (Å²) in [5.41, 5.74) is 5.68. The molecule has 0 aromatic heterocycles. The van der Waals surface area contributed by atoms with Crippen molar-refractivity contribution in [3.63, 3.8) is 0 Å². The molecule has 3 rings (SSSR count). The van der Waals surface area contributed by atoms with Gasteiger partial charge in [-0.25, -0.2) is 8.42 Å². The maximum Gasteiger partial charge on any atom is 0.264 e. The Labute approximate surface area is 199 Å². The van der Waals surface area contributed by atoms with Crippen molar-refractivity contribution in [2.45, 2.75) is 17.7 Å². The van der Waals surface area contributed by atoms with E-state index in [0.29, 0.717) is 43.1 Å². The molecule has 1 aliphatic rings. The number of piperidine rings is 1. The quantitative estimate of drug-likeness (QED) is 0.565. The molecule has 10 nitrogen and oxygen atoms in total. The Balaban J connectivity index is 1.94. The fourth-order valence-corrected chi connectivity index (χ4v) is 5.23. The number of hydrogen-bond donors (Lipinski definition) is 1. The van der Waals surface area contributed by atoms with Crippen LogP contribution < -0.4 is 24.2 Å². The Morgan fingerprint density at radius 2 is 1.59 bits per heavy atom. The molecule has 1 heterocycles. The van der Waals surface area contributed by atoms with Gasteiger partial charge in [0.15, 0.2) is 11.5 Å². The van der Waals surface area contributed by atoms with Crippen LogP contribution in [0.15, 0.2) is 47.4 Å². The van der Waals surface area contributed by atoms with Gasteiger partial charge in [-0.1, -0.05) is 0 Å². The second kappa shape index (κ2) is 10.6. The van der Waals surface area contributed by atoms with Gasteiger partial charge in [0.25, 0.3) is 10.0 Å². The highest BCUT2D eigenvalue weighted by atomic mass is 32.2. The molecule has 34 heavy (non-hydrogen) atoms. The number of rotatable bonds is 9. The molecule has 0 bridgehead atoms. The maximum absolute atomic E-state index is 13.7. The Hall–Kier alpha value is -3.47. The number of ether oxygens (including phenoxy) is 3. The third-order valence-electron chi connectivity index (χ3n) is 5.83. The van der Waals surface area contributed by atoms with Gasteiger partial charge >= 0.3 is 0 Å². The van der Waals surface area contributed by atoms with Gasteiger partial charge in [0, 0.05) is 25.1 Å². The molecular formula is C23H29N3O7S. The number of amides is 2. The number of sulfonamides is 1. The van der Waals surface area contributed by atoms with Crippen molar-refractivity contribution in [3.8, 4) is 17.2 Å². The van der Waals surface area contributed by atoms with Gasteiger partial charge in [0.2, 0.25) is 11.8 Å². The number of likely N-dealkylation sites (tertiary alicyclic amines) is 1. The summed E-state index contributed by atoms with van der Waals surface area (Å²) in [5.74, 6) is 0.138. The highest BCUT2D eigenvalue weighted by Gasteiger charge is 2.32. The van der Waals surface area contributed by atoms with Crippen LogP contribution >= 0.6 is 0 Å². The van der Waals surface area contributed by atoms with Crippen LogP contribution in [0.1, 0.15) is 12.8 Å². The van der Waals surface area contributed by atoms with Crippen LogP contribution in [0.5, 0.6) is 17.2 Å². The zero-order valence-corrected chi connectivity index (χ0v) is 20.2. The van der Waals surface area contributed by atoms with Gasteiger partial charge in [-0.2, -0.15) is 0 Å². The molecule has 2 amide bonds. The summed E-state index contributed by atoms with van der Waals surface area (Å²) in [5, 5.41) is 0. The molecule has 2 N–H and O–H groups in total. The molecule has 1 fully saturated rings. The first kappa shape index (κ1) is 25.2. The summed E-state index contributed by atoms with van der Waals surface area (Å²) < 4.78 is 44.0. The summed E-state index contributed by atoms with van der Waals surface area (Å²) in [7, 11) is 0.218. The third-order valence-corrected chi connectivity index (χ3v) is 7.60. The van der Waals surface area contributed by atoms with E-state index in [9.17, 15) is 18.0 Å². The standard InChI is InChI=1S/C23H29N3O7S/c1-31-18-6-4-17(5-7-18)26(15-22(27)25-12-10-16(11-13-25)23(24)28)34(29,30)19-8-9-20(32-2)21(14-19)33-3/h4-9,14,16H,10-13,15H2,1-3H3,(H2,24,28). The molecular weight excluding hydrogens is 462 g/mol. The number of benzene rings is 2. The van der Waals surface area contributed by atoms with Crippen molar-refractivity contribution in [3.05, 3.63) is 42.5 Å². The number of methoxy groups -OCH3 is 3. The van der Waals surface area contributed by atoms with Gasteiger partial charge in [0.05, 0.1) is 31.9 Å². The molecule has 0 aliphatic carbocycles. The smallest absolute Gasteiger partial charge is 0.264 e. The van der Waals surface area contributed by atoms with Gasteiger partial charge in [0.1, 0.15) is 12.3 Å². The van der Waals surface area contributed by atoms with E-state index in [1.807, 2.05) is 0 Å². The van der Waals surface area contributed by atoms with Crippen molar-refractivity contribution >= 4 is 27.5 Å². The van der Waals surface area contributed by atoms with E-state index in [-0.39, 0.29) is 28.4 Å². The number of nitrogens with two attached hydrogens (primary N) is 1. The zero-order chi connectivity index (χ0) is 24.9. The SMILES string of the molecule is COc1ccc(N(CC(=O)N2CCC(C(N)=O)CC2)S(=O)(=O)c2ccc(OC)c(OC)c2)cc1. The number of hydrogen-bond acceptors (Lipinski definition) is 7. The van der Waals surface area contributed by atoms with Gasteiger partial charge < -0.3 is 24.8 Å². The van der Waals surface area contributed by atoms with E-state index < -0.39 is 16.6 Å². The number of nitrogens with zero attached hydrogens (tertiary/aromatic N) is 2. The molecule has 2 aromatic carbocycles. The predicted octanol–water partition coefficient (Wildman–Crippen LogP) is 1.63. The Morgan fingerprint density at radius 1 is 0.971 bits per heavy atom. The first-order valence-electron chi connectivity index (χ1n) is 10.7. The topological polar surface area (TPSA) is 128 Å². The van der Waals surface area contributed by atoms with Crippen molar-refractivity contribution in [1.29, 1.82) is 0 Å². The lowest BCUT2D eigenvalue weighted by molar-refractivity contribution is -0.133. The van der Waals surface area contributed by atoms with Crippen LogP contribution in [0.4, 0.5) is 5.69 Å². The molecule has 1 aliphatic heterocycles. The first-order chi connectivity index (χ1) is 16.2. The highest BCUT2D eigenvalue weighted by Crippen LogP contribution is 2.33. The fourth-order valence-electron chi connectivity index (χ4n) is 3.80. The second-order valence-electron chi connectivity index (χ2n) is 7.78. The fraction of sp³-hybridized carbons (Fsp3) is 0.391. The minimum Gasteiger partial charge on any atom is -0.497 e. The van der Waals surface area contributed by atoms with E-state index in [1.165, 1.54) is 39.5 Å². The first-order valence-corrected chi connectivity index (χ1v) is 12.1. The van der Waals surface area contributed by atoms with Crippen molar-refractivity contribution < 1.29 is 32.2 Å². The lowest BCUT2D eigenvalue weighted by atomic mass is 9.96. The van der Waals surface area contributed by atoms with E-state index in [0.717, 1.165) is 4.31 Å². The monoisotopic (exact) mass is 491 g/mol. The van der Waals surface area contributed by atoms with Gasteiger partial charge in [-0.3, -0.25) is 13.9 Å². The average Bonchev–Trinajstić information content (AvgIpc) is 2.86. The second-order valence-corrected chi connectivity index (χ2v) is 9.65. The highest BCUT2D eigenvalue weighted by molar-refractivity contribution is 7.92. The van der Waals surface area contributed by atoms with Crippen LogP contribution in [0.2, 0.25) is 0 Å². The number of carbonyl (C=O) groups excluding carboxylic acids is 2. The molecule has 184 valence electrons. The molecule has 0 unspecified atom stereocenters. The number of carbonyl (C=O) groups is 2. The van der Waals surface area contributed by atoms with Gasteiger partial charge in [-0.15, -0.1) is 0 Å². The van der Waals surface area contributed by atoms with E-state index >= 15 is 0 Å². The van der Waals surface area contributed by atoms with Crippen LogP contribution in [-0.2, 0) is 19.6 Å². The van der Waals surface area contributed by atoms with Crippen molar-refractivity contribution in [2.24, 2.45) is 11.7 Å². The average molecular weight is 492 g/mol. The maximum atomic E-state index is 13.7. The normalized spacial score (nSPS) is 14.4. The minimum absolute atomic E-state index is 0.0544. The molecule has 1 saturated heterocycles. The summed E-state index contributed by atoms with van der Waals surface area (Å²) in [6.45, 7) is 0.253. The molecule has 0 atom stereocenters. The van der Waals surface area contributed by atoms with Crippen LogP contribution in [0, 0.1) is 5.92 Å². The Kier molecular flexibility index (Phi) is 7.87. The summed E-state index contributed by atoms with van der Waals surface area (Å²) in [6, 6.07) is 10.6. The Bertz CT molecular complexity index is 1130. The largest absolute Gasteiger partial charge is 0.497 e. The summed E-state index contributed by atoms with van der Waals surface area (Å²) in [6.07, 6.45) is 0.901. The predicted molar refractivity (Wildman–Crippen MR) is 126 cm³/mol. The number of primary amides is 1. The molecule has 11 heteroatoms. The van der Waals surface area contributed by atoms with Crippen LogP contribution in [0.25, 0.3) is 0 Å². The zero-order valence-electron chi connectivity index (χ0n) is 19.4. The molecule has 0 radical (unpaired) electrons. The molecule has 0 spiro atoms. The van der Waals surface area contributed by atoms with E-state index in [1.54, 1.807) is 29.2 Å². The van der Waals surface area contributed by atoms with E-state index in [2.05, 4.69) is 0 Å². The molecule has 2 aromatic rings. The van der Waals surface area contributed by atoms with Crippen molar-refractivity contribution in [2.75, 3.05) is 45.3 Å². The van der Waals surface area contributed by atoms with Gasteiger partial charge in [-0.05, 0) is 49.2 Å². The Morgan fingerprint density at radius 3 is 2.12 bits per heavy atom. The van der Waals surface area contributed by atoms with E-state index in [4.69, 9.17) is 19.9 Å². The van der Waals surface area contributed by atoms with Crippen molar-refractivity contribution in [1.82, 2.24) is 4.90 Å². The van der Waals surface area contributed by atoms with Crippen LogP contribution in [0.3, 0.4) is 0 Å². The summed E-state index contributed by atoms with van der Waals surface area (Å²) >= 11 is 0. The minimum atomic E-state index is -4.15. The summed E-state index contributed by atoms with van der Waals surface area (Å²) in [4.78, 5) is 26.1. The third kappa shape index (κ3) is 5.36. The molecule has 0 saturated carbocycles. The number of anilines is 1. The lowest BCUT2D eigenvalue weighted by Gasteiger charge is -2.33.